The summed E-state index contributed by atoms with van der Waals surface area (Å²) in [4.78, 5) is 54.1. The van der Waals surface area contributed by atoms with Gasteiger partial charge in [-0.3, -0.25) is 14.4 Å². The van der Waals surface area contributed by atoms with Crippen LogP contribution in [0.1, 0.15) is 70.6 Å². The van der Waals surface area contributed by atoms with E-state index in [-0.39, 0.29) is 18.3 Å². The number of rotatable bonds is 9. The van der Waals surface area contributed by atoms with Crippen LogP contribution in [-0.2, 0) is 19.1 Å². The van der Waals surface area contributed by atoms with Gasteiger partial charge < -0.3 is 20.1 Å². The maximum Gasteiger partial charge on any atom is 0.407 e. The third kappa shape index (κ3) is 7.32. The molecule has 10 heteroatoms. The number of benzene rings is 3. The molecule has 1 aliphatic rings. The second-order valence-electron chi connectivity index (χ2n) is 12.1. The number of hydrogen-bond acceptors (Lipinski definition) is 7. The molecule has 1 atom stereocenters. The highest BCUT2D eigenvalue weighted by Crippen LogP contribution is 2.44. The molecular weight excluding hydrogens is 624 g/mol. The molecule has 5 rings (SSSR count). The van der Waals surface area contributed by atoms with E-state index in [9.17, 15) is 19.2 Å². The number of fused-ring (bicyclic) bond motifs is 3. The molecule has 2 amide bonds. The molecule has 238 valence electrons. The maximum absolute atomic E-state index is 13.7. The summed E-state index contributed by atoms with van der Waals surface area (Å²) in [5.41, 5.74) is 4.83. The molecule has 0 aliphatic heterocycles. The summed E-state index contributed by atoms with van der Waals surface area (Å²) in [6, 6.07) is 21.1. The van der Waals surface area contributed by atoms with Crippen LogP contribution < -0.4 is 10.6 Å². The van der Waals surface area contributed by atoms with Gasteiger partial charge in [0.05, 0.1) is 12.0 Å². The Balaban J connectivity index is 1.35. The van der Waals surface area contributed by atoms with Gasteiger partial charge in [0.15, 0.2) is 5.78 Å². The molecule has 0 saturated heterocycles. The van der Waals surface area contributed by atoms with E-state index in [0.29, 0.717) is 26.7 Å². The lowest BCUT2D eigenvalue weighted by Crippen LogP contribution is -2.46. The summed E-state index contributed by atoms with van der Waals surface area (Å²) in [5.74, 6) is -1.87. The Morgan fingerprint density at radius 2 is 1.54 bits per heavy atom. The fourth-order valence-corrected chi connectivity index (χ4v) is 6.75. The number of ether oxygens (including phenoxy) is 2. The summed E-state index contributed by atoms with van der Waals surface area (Å²) in [6.45, 7) is 8.81. The van der Waals surface area contributed by atoms with Gasteiger partial charge >= 0.3 is 12.1 Å². The first-order valence-electron chi connectivity index (χ1n) is 14.9. The number of ketones is 1. The van der Waals surface area contributed by atoms with Gasteiger partial charge in [0, 0.05) is 21.4 Å². The minimum atomic E-state index is -1.35. The molecule has 3 aromatic carbocycles. The summed E-state index contributed by atoms with van der Waals surface area (Å²) >= 11 is 7.36. The highest BCUT2D eigenvalue weighted by molar-refractivity contribution is 7.16. The van der Waals surface area contributed by atoms with Gasteiger partial charge in [-0.1, -0.05) is 72.3 Å². The summed E-state index contributed by atoms with van der Waals surface area (Å²) in [7, 11) is 0. The van der Waals surface area contributed by atoms with E-state index < -0.39 is 36.0 Å². The SMILES string of the molecule is Cc1sc(NC(=O)[C@H](CC(=O)OC(C)(C)C)NC(=O)OCC2c3ccccc3-c3ccccc32)c(C(=O)c2cccc(Cl)c2)c1C. The fourth-order valence-electron chi connectivity index (χ4n) is 5.50. The minimum Gasteiger partial charge on any atom is -0.460 e. The van der Waals surface area contributed by atoms with Crippen molar-refractivity contribution >= 4 is 51.7 Å². The van der Waals surface area contributed by atoms with Gasteiger partial charge in [-0.05, 0) is 74.6 Å². The highest BCUT2D eigenvalue weighted by Gasteiger charge is 2.32. The van der Waals surface area contributed by atoms with Gasteiger partial charge in [-0.15, -0.1) is 11.3 Å². The van der Waals surface area contributed by atoms with Crippen LogP contribution in [0.4, 0.5) is 9.80 Å². The van der Waals surface area contributed by atoms with Crippen LogP contribution in [0.5, 0.6) is 0 Å². The van der Waals surface area contributed by atoms with E-state index >= 15 is 0 Å². The Morgan fingerprint density at radius 1 is 0.913 bits per heavy atom. The lowest BCUT2D eigenvalue weighted by atomic mass is 9.98. The van der Waals surface area contributed by atoms with Crippen molar-refractivity contribution in [1.82, 2.24) is 5.32 Å². The lowest BCUT2D eigenvalue weighted by Gasteiger charge is -2.23. The number of nitrogens with one attached hydrogen (secondary N) is 2. The smallest absolute Gasteiger partial charge is 0.407 e. The Hall–Kier alpha value is -4.47. The van der Waals surface area contributed by atoms with Gasteiger partial charge in [-0.2, -0.15) is 0 Å². The van der Waals surface area contributed by atoms with Crippen LogP contribution in [0.25, 0.3) is 11.1 Å². The zero-order chi connectivity index (χ0) is 33.2. The lowest BCUT2D eigenvalue weighted by molar-refractivity contribution is -0.156. The summed E-state index contributed by atoms with van der Waals surface area (Å²) in [6.07, 6.45) is -1.31. The van der Waals surface area contributed by atoms with Crippen molar-refractivity contribution < 1.29 is 28.7 Å². The minimum absolute atomic E-state index is 0.0300. The molecule has 46 heavy (non-hydrogen) atoms. The van der Waals surface area contributed by atoms with Crippen molar-refractivity contribution in [3.05, 3.63) is 111 Å². The second kappa shape index (κ2) is 13.5. The number of thiophene rings is 1. The number of aryl methyl sites for hydroxylation is 1. The van der Waals surface area contributed by atoms with Crippen molar-refractivity contribution in [2.75, 3.05) is 11.9 Å². The fraction of sp³-hybridized carbons (Fsp3) is 0.278. The molecule has 2 N–H and O–H groups in total. The molecule has 0 radical (unpaired) electrons. The van der Waals surface area contributed by atoms with Crippen molar-refractivity contribution in [1.29, 1.82) is 0 Å². The van der Waals surface area contributed by atoms with E-state index in [1.807, 2.05) is 55.5 Å². The Morgan fingerprint density at radius 3 is 2.15 bits per heavy atom. The molecule has 0 fully saturated rings. The standard InChI is InChI=1S/C36H35ClN2O6S/c1-20-21(2)46-34(31(20)32(41)22-11-10-12-23(37)17-22)39-33(42)29(18-30(40)45-36(3,4)5)38-35(43)44-19-28-26-15-8-6-13-24(26)25-14-7-9-16-27(25)28/h6-17,28-29H,18-19H2,1-5H3,(H,38,43)(H,39,42)/t29-/m0/s1. The number of hydrogen-bond donors (Lipinski definition) is 2. The predicted octanol–water partition coefficient (Wildman–Crippen LogP) is 7.83. The van der Waals surface area contributed by atoms with Crippen LogP contribution >= 0.6 is 22.9 Å². The zero-order valence-electron chi connectivity index (χ0n) is 26.2. The normalized spacial score (nSPS) is 12.9. The van der Waals surface area contributed by atoms with Crippen molar-refractivity contribution in [2.45, 2.75) is 58.6 Å². The van der Waals surface area contributed by atoms with Crippen molar-refractivity contribution in [2.24, 2.45) is 0 Å². The van der Waals surface area contributed by atoms with Crippen molar-refractivity contribution in [3.8, 4) is 11.1 Å². The molecule has 1 aromatic heterocycles. The van der Waals surface area contributed by atoms with Gasteiger partial charge in [-0.25, -0.2) is 4.79 Å². The molecule has 0 saturated carbocycles. The third-order valence-corrected chi connectivity index (χ3v) is 9.04. The number of anilines is 1. The van der Waals surface area contributed by atoms with E-state index in [1.54, 1.807) is 52.0 Å². The number of esters is 1. The Labute approximate surface area is 277 Å². The van der Waals surface area contributed by atoms with Crippen LogP contribution in [0.2, 0.25) is 5.02 Å². The molecular formula is C36H35ClN2O6S. The number of halogens is 1. The van der Waals surface area contributed by atoms with Crippen LogP contribution in [0.3, 0.4) is 0 Å². The van der Waals surface area contributed by atoms with Crippen molar-refractivity contribution in [3.63, 3.8) is 0 Å². The Kier molecular flexibility index (Phi) is 9.65. The van der Waals surface area contributed by atoms with Gasteiger partial charge in [0.2, 0.25) is 5.91 Å². The number of carbonyl (C=O) groups excluding carboxylic acids is 4. The van der Waals surface area contributed by atoms with E-state index in [0.717, 1.165) is 27.1 Å². The van der Waals surface area contributed by atoms with Gasteiger partial charge in [0.1, 0.15) is 23.3 Å². The molecule has 0 spiro atoms. The monoisotopic (exact) mass is 658 g/mol. The molecule has 1 aliphatic carbocycles. The number of alkyl carbamates (subject to hydrolysis) is 1. The molecule has 1 heterocycles. The highest BCUT2D eigenvalue weighted by atomic mass is 35.5. The topological polar surface area (TPSA) is 111 Å². The average molecular weight is 659 g/mol. The van der Waals surface area contributed by atoms with Crippen LogP contribution in [0.15, 0.2) is 72.8 Å². The third-order valence-electron chi connectivity index (χ3n) is 7.68. The average Bonchev–Trinajstić information content (AvgIpc) is 3.46. The maximum atomic E-state index is 13.7. The number of carbonyl (C=O) groups is 4. The first-order valence-corrected chi connectivity index (χ1v) is 16.1. The van der Waals surface area contributed by atoms with Gasteiger partial charge in [0.25, 0.3) is 0 Å². The first-order chi connectivity index (χ1) is 21.8. The summed E-state index contributed by atoms with van der Waals surface area (Å²) in [5, 5.41) is 6.05. The predicted molar refractivity (Wildman–Crippen MR) is 180 cm³/mol. The second-order valence-corrected chi connectivity index (χ2v) is 13.8. The molecule has 0 unspecified atom stereocenters. The van der Waals surface area contributed by atoms with E-state index in [1.165, 1.54) is 11.3 Å². The zero-order valence-corrected chi connectivity index (χ0v) is 27.8. The molecule has 0 bridgehead atoms. The largest absolute Gasteiger partial charge is 0.460 e. The Bertz CT molecular complexity index is 1780. The first kappa shape index (κ1) is 32.9. The molecule has 8 nitrogen and oxygen atoms in total. The quantitative estimate of drug-likeness (QED) is 0.140. The number of amides is 2. The van der Waals surface area contributed by atoms with Crippen LogP contribution in [-0.4, -0.2) is 42.0 Å². The van der Waals surface area contributed by atoms with E-state index in [4.69, 9.17) is 21.1 Å². The molecule has 4 aromatic rings. The summed E-state index contributed by atoms with van der Waals surface area (Å²) < 4.78 is 11.1. The van der Waals surface area contributed by atoms with E-state index in [2.05, 4.69) is 10.6 Å². The van der Waals surface area contributed by atoms with Crippen LogP contribution in [0, 0.1) is 13.8 Å².